The van der Waals surface area contributed by atoms with E-state index in [-0.39, 0.29) is 17.9 Å². The van der Waals surface area contributed by atoms with Crippen molar-refractivity contribution in [3.8, 4) is 5.75 Å². The molecule has 0 spiro atoms. The van der Waals surface area contributed by atoms with E-state index in [1.807, 2.05) is 35.6 Å². The first-order valence-corrected chi connectivity index (χ1v) is 11.2. The van der Waals surface area contributed by atoms with Crippen molar-refractivity contribution in [3.05, 3.63) is 58.9 Å². The summed E-state index contributed by atoms with van der Waals surface area (Å²) in [6.07, 6.45) is 1.74. The molecule has 3 aromatic rings. The number of aryl methyl sites for hydroxylation is 2. The van der Waals surface area contributed by atoms with Gasteiger partial charge in [0.05, 0.1) is 5.52 Å². The molecule has 1 aromatic heterocycles. The van der Waals surface area contributed by atoms with Gasteiger partial charge in [0.1, 0.15) is 23.2 Å². The fourth-order valence-electron chi connectivity index (χ4n) is 4.77. The highest BCUT2D eigenvalue weighted by Crippen LogP contribution is 2.32. The third-order valence-corrected chi connectivity index (χ3v) is 6.74. The first kappa shape index (κ1) is 20.5. The second-order valence-electron chi connectivity index (χ2n) is 8.78. The SMILES string of the molecule is CC(=O)N1CCN(C(=O)c2cc(OC3Cc4ccccc4C3)c3nc(C)n(C)c3c2)CC1. The molecule has 1 fully saturated rings. The van der Waals surface area contributed by atoms with Crippen molar-refractivity contribution in [2.75, 3.05) is 26.2 Å². The quantitative estimate of drug-likeness (QED) is 0.638. The number of hydrogen-bond acceptors (Lipinski definition) is 4. The molecule has 2 aliphatic rings. The Morgan fingerprint density at radius 2 is 1.62 bits per heavy atom. The molecule has 5 rings (SSSR count). The van der Waals surface area contributed by atoms with Gasteiger partial charge in [0, 0.05) is 58.6 Å². The third kappa shape index (κ3) is 3.61. The summed E-state index contributed by atoms with van der Waals surface area (Å²) in [5.41, 5.74) is 4.92. The van der Waals surface area contributed by atoms with E-state index >= 15 is 0 Å². The fraction of sp³-hybridized carbons (Fsp3) is 0.400. The van der Waals surface area contributed by atoms with Crippen LogP contribution in [0, 0.1) is 6.92 Å². The van der Waals surface area contributed by atoms with E-state index in [2.05, 4.69) is 24.3 Å². The summed E-state index contributed by atoms with van der Waals surface area (Å²) in [6.45, 7) is 5.73. The second kappa shape index (κ2) is 7.97. The number of fused-ring (bicyclic) bond motifs is 2. The van der Waals surface area contributed by atoms with E-state index in [1.165, 1.54) is 11.1 Å². The Morgan fingerprint density at radius 3 is 2.25 bits per heavy atom. The van der Waals surface area contributed by atoms with E-state index in [0.717, 1.165) is 29.7 Å². The lowest BCUT2D eigenvalue weighted by atomic mass is 10.1. The summed E-state index contributed by atoms with van der Waals surface area (Å²) in [6, 6.07) is 12.2. The Kier molecular flexibility index (Phi) is 5.12. The van der Waals surface area contributed by atoms with E-state index < -0.39 is 0 Å². The lowest BCUT2D eigenvalue weighted by Crippen LogP contribution is -2.50. The van der Waals surface area contributed by atoms with Gasteiger partial charge in [0.15, 0.2) is 0 Å². The third-order valence-electron chi connectivity index (χ3n) is 6.74. The molecule has 2 aromatic carbocycles. The molecule has 1 aliphatic heterocycles. The fourth-order valence-corrected chi connectivity index (χ4v) is 4.77. The Bertz CT molecular complexity index is 1180. The van der Waals surface area contributed by atoms with E-state index in [4.69, 9.17) is 9.72 Å². The van der Waals surface area contributed by atoms with Gasteiger partial charge in [-0.15, -0.1) is 0 Å². The number of benzene rings is 2. The molecule has 1 aliphatic carbocycles. The predicted octanol–water partition coefficient (Wildman–Crippen LogP) is 2.73. The number of amides is 2. The Balaban J connectivity index is 1.44. The normalized spacial score (nSPS) is 16.5. The number of aromatic nitrogens is 2. The van der Waals surface area contributed by atoms with Gasteiger partial charge in [-0.05, 0) is 30.2 Å². The zero-order chi connectivity index (χ0) is 22.4. The van der Waals surface area contributed by atoms with Gasteiger partial charge in [-0.25, -0.2) is 4.98 Å². The van der Waals surface area contributed by atoms with Gasteiger partial charge in [-0.2, -0.15) is 0 Å². The summed E-state index contributed by atoms with van der Waals surface area (Å²) in [5, 5.41) is 0. The van der Waals surface area contributed by atoms with Crippen LogP contribution >= 0.6 is 0 Å². The van der Waals surface area contributed by atoms with Crippen LogP contribution in [0.5, 0.6) is 5.75 Å². The number of ether oxygens (including phenoxy) is 1. The van der Waals surface area contributed by atoms with Gasteiger partial charge in [-0.1, -0.05) is 24.3 Å². The highest BCUT2D eigenvalue weighted by Gasteiger charge is 2.27. The molecule has 0 radical (unpaired) electrons. The van der Waals surface area contributed by atoms with Gasteiger partial charge >= 0.3 is 0 Å². The van der Waals surface area contributed by atoms with Crippen molar-refractivity contribution in [3.63, 3.8) is 0 Å². The molecule has 0 bridgehead atoms. The number of piperazine rings is 1. The molecule has 32 heavy (non-hydrogen) atoms. The maximum atomic E-state index is 13.3. The largest absolute Gasteiger partial charge is 0.487 e. The van der Waals surface area contributed by atoms with Crippen molar-refractivity contribution in [1.29, 1.82) is 0 Å². The van der Waals surface area contributed by atoms with Crippen LogP contribution in [0.4, 0.5) is 0 Å². The zero-order valence-corrected chi connectivity index (χ0v) is 18.8. The lowest BCUT2D eigenvalue weighted by molar-refractivity contribution is -0.130. The molecular formula is C25H28N4O3. The minimum absolute atomic E-state index is 0.0300. The van der Waals surface area contributed by atoms with Crippen molar-refractivity contribution < 1.29 is 14.3 Å². The summed E-state index contributed by atoms with van der Waals surface area (Å²) >= 11 is 0. The summed E-state index contributed by atoms with van der Waals surface area (Å²) < 4.78 is 8.46. The van der Waals surface area contributed by atoms with Gasteiger partial charge in [0.25, 0.3) is 5.91 Å². The van der Waals surface area contributed by atoms with Crippen LogP contribution in [0.3, 0.4) is 0 Å². The molecule has 7 heteroatoms. The number of nitrogens with zero attached hydrogens (tertiary/aromatic N) is 4. The van der Waals surface area contributed by atoms with E-state index in [1.54, 1.807) is 11.8 Å². The van der Waals surface area contributed by atoms with Crippen LogP contribution in [0.15, 0.2) is 36.4 Å². The standard InChI is InChI=1S/C25H28N4O3/c1-16-26-24-22(27(16)3)14-20(25(31)29-10-8-28(9-11-29)17(2)30)15-23(24)32-21-12-18-6-4-5-7-19(18)13-21/h4-7,14-15,21H,8-13H2,1-3H3. The monoisotopic (exact) mass is 432 g/mol. The second-order valence-corrected chi connectivity index (χ2v) is 8.78. The van der Waals surface area contributed by atoms with Crippen LogP contribution in [-0.4, -0.2) is 63.4 Å². The van der Waals surface area contributed by atoms with E-state index in [0.29, 0.717) is 37.5 Å². The van der Waals surface area contributed by atoms with E-state index in [9.17, 15) is 9.59 Å². The number of carbonyl (C=O) groups is 2. The van der Waals surface area contributed by atoms with Crippen LogP contribution in [0.25, 0.3) is 11.0 Å². The maximum absolute atomic E-state index is 13.3. The summed E-state index contributed by atoms with van der Waals surface area (Å²) in [4.78, 5) is 33.3. The molecular weight excluding hydrogens is 404 g/mol. The van der Waals surface area contributed by atoms with Crippen molar-refractivity contribution >= 4 is 22.8 Å². The zero-order valence-electron chi connectivity index (χ0n) is 18.8. The first-order chi connectivity index (χ1) is 15.4. The molecule has 0 N–H and O–H groups in total. The van der Waals surface area contributed by atoms with Crippen LogP contribution in [-0.2, 0) is 24.7 Å². The highest BCUT2D eigenvalue weighted by molar-refractivity contribution is 5.99. The number of rotatable bonds is 3. The highest BCUT2D eigenvalue weighted by atomic mass is 16.5. The number of hydrogen-bond donors (Lipinski definition) is 0. The molecule has 0 atom stereocenters. The average Bonchev–Trinajstić information content (AvgIpc) is 3.33. The number of imidazole rings is 1. The Morgan fingerprint density at radius 1 is 1.00 bits per heavy atom. The molecule has 2 heterocycles. The number of carbonyl (C=O) groups excluding carboxylic acids is 2. The van der Waals surface area contributed by atoms with Gasteiger partial charge in [-0.3, -0.25) is 9.59 Å². The van der Waals surface area contributed by atoms with Gasteiger partial charge < -0.3 is 19.1 Å². The maximum Gasteiger partial charge on any atom is 0.254 e. The summed E-state index contributed by atoms with van der Waals surface area (Å²) in [7, 11) is 1.96. The van der Waals surface area contributed by atoms with Crippen molar-refractivity contribution in [1.82, 2.24) is 19.4 Å². The average molecular weight is 433 g/mol. The summed E-state index contributed by atoms with van der Waals surface area (Å²) in [5.74, 6) is 1.56. The van der Waals surface area contributed by atoms with Crippen molar-refractivity contribution in [2.24, 2.45) is 7.05 Å². The molecule has 0 saturated carbocycles. The molecule has 0 unspecified atom stereocenters. The molecule has 7 nitrogen and oxygen atoms in total. The van der Waals surface area contributed by atoms with Crippen molar-refractivity contribution in [2.45, 2.75) is 32.8 Å². The van der Waals surface area contributed by atoms with Crippen LogP contribution in [0.1, 0.15) is 34.2 Å². The minimum Gasteiger partial charge on any atom is -0.487 e. The Labute approximate surface area is 187 Å². The Hall–Kier alpha value is -3.35. The predicted molar refractivity (Wildman–Crippen MR) is 122 cm³/mol. The van der Waals surface area contributed by atoms with Gasteiger partial charge in [0.2, 0.25) is 5.91 Å². The first-order valence-electron chi connectivity index (χ1n) is 11.2. The topological polar surface area (TPSA) is 67.7 Å². The molecule has 166 valence electrons. The smallest absolute Gasteiger partial charge is 0.254 e. The molecule has 1 saturated heterocycles. The molecule has 2 amide bonds. The van der Waals surface area contributed by atoms with Crippen LogP contribution in [0.2, 0.25) is 0 Å². The minimum atomic E-state index is -0.0338. The van der Waals surface area contributed by atoms with Crippen LogP contribution < -0.4 is 4.74 Å². The lowest BCUT2D eigenvalue weighted by Gasteiger charge is -2.34.